The van der Waals surface area contributed by atoms with E-state index in [1.165, 1.54) is 12.5 Å². The Morgan fingerprint density at radius 3 is 2.87 bits per heavy atom. The first-order chi connectivity index (χ1) is 6.77. The summed E-state index contributed by atoms with van der Waals surface area (Å²) in [6.07, 6.45) is 2.99. The highest BCUT2D eigenvalue weighted by Gasteiger charge is 2.17. The summed E-state index contributed by atoms with van der Waals surface area (Å²) < 4.78 is 13.4. The standard InChI is InChI=1S/C11H13ClFN.ClH/c12-10-4-1-5-11(13)9(10)7-8-3-2-6-14-8;/h1,4-5,8,14H,2-3,6-7H2;1H. The molecule has 2 rings (SSSR count). The van der Waals surface area contributed by atoms with Crippen LogP contribution in [0.5, 0.6) is 0 Å². The molecule has 4 heteroatoms. The third-order valence-electron chi connectivity index (χ3n) is 2.67. The number of benzene rings is 1. The number of rotatable bonds is 2. The molecule has 1 aromatic carbocycles. The SMILES string of the molecule is Cl.Fc1cccc(Cl)c1CC1CCCN1. The fourth-order valence-electron chi connectivity index (χ4n) is 1.90. The summed E-state index contributed by atoms with van der Waals surface area (Å²) in [4.78, 5) is 0. The van der Waals surface area contributed by atoms with Gasteiger partial charge in [0.1, 0.15) is 5.82 Å². The van der Waals surface area contributed by atoms with Gasteiger partial charge in [0.25, 0.3) is 0 Å². The van der Waals surface area contributed by atoms with Crippen LogP contribution in [0.25, 0.3) is 0 Å². The van der Waals surface area contributed by atoms with Crippen LogP contribution in [0.15, 0.2) is 18.2 Å². The Labute approximate surface area is 100 Å². The molecule has 0 amide bonds. The van der Waals surface area contributed by atoms with Crippen molar-refractivity contribution in [2.24, 2.45) is 0 Å². The molecule has 1 heterocycles. The van der Waals surface area contributed by atoms with Crippen LogP contribution in [-0.2, 0) is 6.42 Å². The molecule has 0 saturated carbocycles. The van der Waals surface area contributed by atoms with Crippen molar-refractivity contribution in [3.05, 3.63) is 34.6 Å². The van der Waals surface area contributed by atoms with Crippen LogP contribution in [0.3, 0.4) is 0 Å². The molecule has 84 valence electrons. The normalized spacial score (nSPS) is 20.0. The molecule has 0 bridgehead atoms. The van der Waals surface area contributed by atoms with E-state index in [4.69, 9.17) is 11.6 Å². The molecular formula is C11H14Cl2FN. The van der Waals surface area contributed by atoms with Gasteiger partial charge in [-0.3, -0.25) is 0 Å². The van der Waals surface area contributed by atoms with E-state index >= 15 is 0 Å². The molecule has 15 heavy (non-hydrogen) atoms. The zero-order valence-electron chi connectivity index (χ0n) is 8.30. The molecular weight excluding hydrogens is 236 g/mol. The van der Waals surface area contributed by atoms with Gasteiger partial charge in [0.2, 0.25) is 0 Å². The van der Waals surface area contributed by atoms with Gasteiger partial charge >= 0.3 is 0 Å². The second-order valence-electron chi connectivity index (χ2n) is 3.70. The van der Waals surface area contributed by atoms with E-state index in [-0.39, 0.29) is 18.2 Å². The molecule has 1 saturated heterocycles. The van der Waals surface area contributed by atoms with E-state index in [9.17, 15) is 4.39 Å². The van der Waals surface area contributed by atoms with Gasteiger partial charge in [-0.1, -0.05) is 17.7 Å². The van der Waals surface area contributed by atoms with E-state index in [1.54, 1.807) is 12.1 Å². The van der Waals surface area contributed by atoms with Gasteiger partial charge in [-0.25, -0.2) is 4.39 Å². The zero-order valence-corrected chi connectivity index (χ0v) is 9.87. The highest BCUT2D eigenvalue weighted by Crippen LogP contribution is 2.22. The fourth-order valence-corrected chi connectivity index (χ4v) is 2.14. The number of halogens is 3. The highest BCUT2D eigenvalue weighted by atomic mass is 35.5. The van der Waals surface area contributed by atoms with E-state index in [0.29, 0.717) is 23.0 Å². The Hall–Kier alpha value is -0.310. The quantitative estimate of drug-likeness (QED) is 0.849. The molecule has 1 aliphatic rings. The Balaban J connectivity index is 0.00000112. The van der Waals surface area contributed by atoms with Gasteiger partial charge in [0.05, 0.1) is 0 Å². The Kier molecular flexibility index (Phi) is 4.84. The maximum atomic E-state index is 13.4. The molecule has 0 aliphatic carbocycles. The fraction of sp³-hybridized carbons (Fsp3) is 0.455. The summed E-state index contributed by atoms with van der Waals surface area (Å²) in [5.74, 6) is -0.189. The monoisotopic (exact) mass is 249 g/mol. The van der Waals surface area contributed by atoms with Crippen molar-refractivity contribution in [2.45, 2.75) is 25.3 Å². The average molecular weight is 250 g/mol. The average Bonchev–Trinajstić information content (AvgIpc) is 2.64. The van der Waals surface area contributed by atoms with Crippen molar-refractivity contribution in [3.63, 3.8) is 0 Å². The van der Waals surface area contributed by atoms with E-state index in [0.717, 1.165) is 13.0 Å². The minimum absolute atomic E-state index is 0. The predicted octanol–water partition coefficient (Wildman–Crippen LogP) is 3.20. The van der Waals surface area contributed by atoms with Crippen LogP contribution in [0, 0.1) is 5.82 Å². The van der Waals surface area contributed by atoms with Crippen LogP contribution in [-0.4, -0.2) is 12.6 Å². The first-order valence-electron chi connectivity index (χ1n) is 4.93. The number of hydrogen-bond donors (Lipinski definition) is 1. The lowest BCUT2D eigenvalue weighted by Gasteiger charge is -2.11. The summed E-state index contributed by atoms with van der Waals surface area (Å²) in [6, 6.07) is 5.25. The molecule has 1 atom stereocenters. The van der Waals surface area contributed by atoms with Crippen molar-refractivity contribution in [3.8, 4) is 0 Å². The molecule has 0 spiro atoms. The van der Waals surface area contributed by atoms with E-state index in [2.05, 4.69) is 5.32 Å². The smallest absolute Gasteiger partial charge is 0.127 e. The summed E-state index contributed by atoms with van der Waals surface area (Å²) in [5, 5.41) is 3.87. The van der Waals surface area contributed by atoms with Gasteiger partial charge in [0.15, 0.2) is 0 Å². The second-order valence-corrected chi connectivity index (χ2v) is 4.10. The van der Waals surface area contributed by atoms with Crippen LogP contribution >= 0.6 is 24.0 Å². The molecule has 1 aliphatic heterocycles. The Bertz CT molecular complexity index is 304. The molecule has 1 N–H and O–H groups in total. The van der Waals surface area contributed by atoms with E-state index < -0.39 is 0 Å². The summed E-state index contributed by atoms with van der Waals surface area (Å²) in [7, 11) is 0. The van der Waals surface area contributed by atoms with Gasteiger partial charge < -0.3 is 5.32 Å². The molecule has 1 unspecified atom stereocenters. The van der Waals surface area contributed by atoms with Gasteiger partial charge in [-0.05, 0) is 37.9 Å². The van der Waals surface area contributed by atoms with Crippen molar-refractivity contribution in [1.29, 1.82) is 0 Å². The summed E-state index contributed by atoms with van der Waals surface area (Å²) >= 11 is 5.94. The molecule has 0 radical (unpaired) electrons. The van der Waals surface area contributed by atoms with Crippen molar-refractivity contribution < 1.29 is 4.39 Å². The van der Waals surface area contributed by atoms with Crippen molar-refractivity contribution >= 4 is 24.0 Å². The topological polar surface area (TPSA) is 12.0 Å². The van der Waals surface area contributed by atoms with Crippen LogP contribution < -0.4 is 5.32 Å². The first-order valence-corrected chi connectivity index (χ1v) is 5.31. The number of nitrogens with one attached hydrogen (secondary N) is 1. The zero-order chi connectivity index (χ0) is 9.97. The second kappa shape index (κ2) is 5.69. The summed E-state index contributed by atoms with van der Waals surface area (Å²) in [6.45, 7) is 1.04. The van der Waals surface area contributed by atoms with Crippen LogP contribution in [0.4, 0.5) is 4.39 Å². The molecule has 1 fully saturated rings. The molecule has 0 aromatic heterocycles. The lowest BCUT2D eigenvalue weighted by Crippen LogP contribution is -2.24. The lowest BCUT2D eigenvalue weighted by molar-refractivity contribution is 0.561. The molecule has 1 nitrogen and oxygen atoms in total. The Morgan fingerprint density at radius 2 is 2.27 bits per heavy atom. The van der Waals surface area contributed by atoms with Crippen LogP contribution in [0.1, 0.15) is 18.4 Å². The number of hydrogen-bond acceptors (Lipinski definition) is 1. The lowest BCUT2D eigenvalue weighted by atomic mass is 10.0. The minimum Gasteiger partial charge on any atom is -0.314 e. The van der Waals surface area contributed by atoms with Crippen molar-refractivity contribution in [2.75, 3.05) is 6.54 Å². The van der Waals surface area contributed by atoms with E-state index in [1.807, 2.05) is 0 Å². The predicted molar refractivity (Wildman–Crippen MR) is 63.4 cm³/mol. The first kappa shape index (κ1) is 12.8. The molecule has 1 aromatic rings. The third kappa shape index (κ3) is 3.07. The van der Waals surface area contributed by atoms with Gasteiger partial charge in [0, 0.05) is 16.6 Å². The highest BCUT2D eigenvalue weighted by molar-refractivity contribution is 6.31. The van der Waals surface area contributed by atoms with Crippen molar-refractivity contribution in [1.82, 2.24) is 5.32 Å². The van der Waals surface area contributed by atoms with Crippen LogP contribution in [0.2, 0.25) is 5.02 Å². The maximum absolute atomic E-state index is 13.4. The third-order valence-corrected chi connectivity index (χ3v) is 3.03. The maximum Gasteiger partial charge on any atom is 0.127 e. The van der Waals surface area contributed by atoms with Gasteiger partial charge in [-0.2, -0.15) is 0 Å². The largest absolute Gasteiger partial charge is 0.314 e. The summed E-state index contributed by atoms with van der Waals surface area (Å²) in [5.41, 5.74) is 0.647. The minimum atomic E-state index is -0.189. The van der Waals surface area contributed by atoms with Gasteiger partial charge in [-0.15, -0.1) is 12.4 Å². The Morgan fingerprint density at radius 1 is 1.47 bits per heavy atom.